The fourth-order valence-electron chi connectivity index (χ4n) is 3.12. The first kappa shape index (κ1) is 19.0. The van der Waals surface area contributed by atoms with E-state index >= 15 is 0 Å². The zero-order chi connectivity index (χ0) is 18.9. The number of tetrazole rings is 1. The van der Waals surface area contributed by atoms with Gasteiger partial charge in [-0.05, 0) is 28.8 Å². The monoisotopic (exact) mass is 371 g/mol. The highest BCUT2D eigenvalue weighted by atomic mass is 16.2. The van der Waals surface area contributed by atoms with E-state index in [2.05, 4.69) is 37.9 Å². The van der Waals surface area contributed by atoms with Crippen LogP contribution in [0.4, 0.5) is 0 Å². The van der Waals surface area contributed by atoms with E-state index in [1.807, 2.05) is 23.1 Å². The van der Waals surface area contributed by atoms with Crippen LogP contribution in [0.1, 0.15) is 12.0 Å². The maximum atomic E-state index is 12.3. The van der Waals surface area contributed by atoms with Gasteiger partial charge in [0.2, 0.25) is 11.8 Å². The van der Waals surface area contributed by atoms with Gasteiger partial charge in [-0.1, -0.05) is 30.3 Å². The van der Waals surface area contributed by atoms with Crippen LogP contribution in [-0.2, 0) is 22.6 Å². The van der Waals surface area contributed by atoms with Crippen molar-refractivity contribution in [2.75, 3.05) is 39.3 Å². The third kappa shape index (κ3) is 6.14. The molecule has 0 saturated carbocycles. The molecule has 2 aromatic rings. The molecule has 1 fully saturated rings. The Kier molecular flexibility index (Phi) is 6.86. The van der Waals surface area contributed by atoms with Crippen molar-refractivity contribution in [1.29, 1.82) is 0 Å². The van der Waals surface area contributed by atoms with Crippen molar-refractivity contribution in [3.63, 3.8) is 0 Å². The molecule has 2 heterocycles. The standard InChI is InChI=1S/C18H25N7O2/c26-17(19-8-7-16-5-2-1-3-6-16)13-23-9-4-10-24(12-11-23)18(27)14-25-15-20-21-22-25/h1-3,5-6,15H,4,7-14H2,(H,19,26). The van der Waals surface area contributed by atoms with Gasteiger partial charge in [-0.25, -0.2) is 4.68 Å². The molecule has 0 bridgehead atoms. The first-order valence-electron chi connectivity index (χ1n) is 9.22. The number of amides is 2. The van der Waals surface area contributed by atoms with Gasteiger partial charge in [0.25, 0.3) is 0 Å². The number of carbonyl (C=O) groups excluding carboxylic acids is 2. The van der Waals surface area contributed by atoms with Crippen molar-refractivity contribution in [3.8, 4) is 0 Å². The Morgan fingerprint density at radius 1 is 1.04 bits per heavy atom. The maximum absolute atomic E-state index is 12.3. The largest absolute Gasteiger partial charge is 0.355 e. The van der Waals surface area contributed by atoms with Crippen molar-refractivity contribution >= 4 is 11.8 Å². The molecule has 27 heavy (non-hydrogen) atoms. The molecule has 9 heteroatoms. The van der Waals surface area contributed by atoms with Crippen molar-refractivity contribution in [2.45, 2.75) is 19.4 Å². The molecule has 9 nitrogen and oxygen atoms in total. The third-order valence-electron chi connectivity index (χ3n) is 4.58. The summed E-state index contributed by atoms with van der Waals surface area (Å²) in [5.41, 5.74) is 1.21. The number of carbonyl (C=O) groups is 2. The van der Waals surface area contributed by atoms with Crippen molar-refractivity contribution in [3.05, 3.63) is 42.2 Å². The molecule has 0 radical (unpaired) electrons. The summed E-state index contributed by atoms with van der Waals surface area (Å²) in [5, 5.41) is 13.8. The summed E-state index contributed by atoms with van der Waals surface area (Å²) in [6, 6.07) is 10.1. The summed E-state index contributed by atoms with van der Waals surface area (Å²) in [7, 11) is 0. The van der Waals surface area contributed by atoms with E-state index in [1.54, 1.807) is 0 Å². The first-order valence-corrected chi connectivity index (χ1v) is 9.22. The fraction of sp³-hybridized carbons (Fsp3) is 0.500. The summed E-state index contributed by atoms with van der Waals surface area (Å²) < 4.78 is 1.42. The van der Waals surface area contributed by atoms with Crippen LogP contribution >= 0.6 is 0 Å². The minimum atomic E-state index is -0.00328. The second-order valence-corrected chi connectivity index (χ2v) is 6.60. The Morgan fingerprint density at radius 3 is 2.67 bits per heavy atom. The van der Waals surface area contributed by atoms with Gasteiger partial charge in [0.15, 0.2) is 0 Å². The van der Waals surface area contributed by atoms with Gasteiger partial charge in [0.05, 0.1) is 6.54 Å². The predicted octanol–water partition coefficient (Wildman–Crippen LogP) is -0.434. The van der Waals surface area contributed by atoms with Crippen molar-refractivity contribution in [2.24, 2.45) is 0 Å². The predicted molar refractivity (Wildman–Crippen MR) is 98.6 cm³/mol. The lowest BCUT2D eigenvalue weighted by molar-refractivity contribution is -0.131. The highest BCUT2D eigenvalue weighted by Gasteiger charge is 2.20. The lowest BCUT2D eigenvalue weighted by Gasteiger charge is -2.21. The van der Waals surface area contributed by atoms with E-state index in [0.717, 1.165) is 19.4 Å². The van der Waals surface area contributed by atoms with Gasteiger partial charge in [-0.15, -0.1) is 5.10 Å². The number of benzene rings is 1. The molecule has 1 aromatic carbocycles. The van der Waals surface area contributed by atoms with E-state index in [1.165, 1.54) is 16.6 Å². The van der Waals surface area contributed by atoms with Gasteiger partial charge >= 0.3 is 0 Å². The van der Waals surface area contributed by atoms with Gasteiger partial charge in [-0.3, -0.25) is 14.5 Å². The minimum Gasteiger partial charge on any atom is -0.355 e. The molecule has 0 atom stereocenters. The third-order valence-corrected chi connectivity index (χ3v) is 4.58. The molecule has 1 aliphatic rings. The summed E-state index contributed by atoms with van der Waals surface area (Å²) in [6.45, 7) is 3.93. The lowest BCUT2D eigenvalue weighted by Crippen LogP contribution is -2.41. The maximum Gasteiger partial charge on any atom is 0.244 e. The molecule has 3 rings (SSSR count). The number of rotatable bonds is 7. The van der Waals surface area contributed by atoms with Crippen LogP contribution in [0.3, 0.4) is 0 Å². The molecule has 0 unspecified atom stereocenters. The molecular weight excluding hydrogens is 346 g/mol. The zero-order valence-corrected chi connectivity index (χ0v) is 15.3. The van der Waals surface area contributed by atoms with E-state index in [-0.39, 0.29) is 18.4 Å². The van der Waals surface area contributed by atoms with E-state index in [4.69, 9.17) is 0 Å². The molecule has 1 saturated heterocycles. The van der Waals surface area contributed by atoms with Gasteiger partial charge in [-0.2, -0.15) is 0 Å². The number of hydrogen-bond acceptors (Lipinski definition) is 6. The Bertz CT molecular complexity index is 721. The molecule has 1 N–H and O–H groups in total. The Balaban J connectivity index is 1.37. The smallest absolute Gasteiger partial charge is 0.244 e. The second kappa shape index (κ2) is 9.77. The number of aromatic nitrogens is 4. The Morgan fingerprint density at radius 2 is 1.89 bits per heavy atom. The normalized spacial score (nSPS) is 15.3. The van der Waals surface area contributed by atoms with Crippen LogP contribution in [0.5, 0.6) is 0 Å². The van der Waals surface area contributed by atoms with Gasteiger partial charge in [0, 0.05) is 32.7 Å². The van der Waals surface area contributed by atoms with Crippen LogP contribution in [-0.4, -0.2) is 81.1 Å². The van der Waals surface area contributed by atoms with E-state index in [0.29, 0.717) is 32.7 Å². The highest BCUT2D eigenvalue weighted by molar-refractivity contribution is 5.78. The van der Waals surface area contributed by atoms with Crippen LogP contribution in [0.25, 0.3) is 0 Å². The molecule has 0 spiro atoms. The molecular formula is C18H25N7O2. The average Bonchev–Trinajstić information content (AvgIpc) is 3.07. The number of nitrogens with one attached hydrogen (secondary N) is 1. The van der Waals surface area contributed by atoms with Crippen LogP contribution < -0.4 is 5.32 Å². The van der Waals surface area contributed by atoms with Crippen molar-refractivity contribution in [1.82, 2.24) is 35.3 Å². The molecule has 2 amide bonds. The minimum absolute atomic E-state index is 0.00328. The highest BCUT2D eigenvalue weighted by Crippen LogP contribution is 2.04. The fourth-order valence-corrected chi connectivity index (χ4v) is 3.12. The molecule has 0 aliphatic carbocycles. The van der Waals surface area contributed by atoms with Crippen LogP contribution in [0.2, 0.25) is 0 Å². The first-order chi connectivity index (χ1) is 13.2. The SMILES string of the molecule is O=C(CN1CCCN(C(=O)Cn2cnnn2)CC1)NCCc1ccccc1. The summed E-state index contributed by atoms with van der Waals surface area (Å²) >= 11 is 0. The topological polar surface area (TPSA) is 96.3 Å². The average molecular weight is 371 g/mol. The lowest BCUT2D eigenvalue weighted by atomic mass is 10.1. The van der Waals surface area contributed by atoms with Gasteiger partial charge < -0.3 is 10.2 Å². The van der Waals surface area contributed by atoms with Crippen LogP contribution in [0.15, 0.2) is 36.7 Å². The van der Waals surface area contributed by atoms with E-state index < -0.39 is 0 Å². The Hall–Kier alpha value is -2.81. The van der Waals surface area contributed by atoms with E-state index in [9.17, 15) is 9.59 Å². The molecule has 1 aromatic heterocycles. The number of hydrogen-bond donors (Lipinski definition) is 1. The second-order valence-electron chi connectivity index (χ2n) is 6.60. The summed E-state index contributed by atoms with van der Waals surface area (Å²) in [4.78, 5) is 28.4. The number of nitrogens with zero attached hydrogens (tertiary/aromatic N) is 6. The summed E-state index contributed by atoms with van der Waals surface area (Å²) in [6.07, 6.45) is 3.10. The van der Waals surface area contributed by atoms with Gasteiger partial charge in [0.1, 0.15) is 12.9 Å². The zero-order valence-electron chi connectivity index (χ0n) is 15.3. The molecule has 1 aliphatic heterocycles. The Labute approximate surface area is 158 Å². The van der Waals surface area contributed by atoms with Crippen molar-refractivity contribution < 1.29 is 9.59 Å². The molecule has 144 valence electrons. The van der Waals surface area contributed by atoms with Crippen LogP contribution in [0, 0.1) is 0 Å². The summed E-state index contributed by atoms with van der Waals surface area (Å²) in [5.74, 6) is 0.0239. The quantitative estimate of drug-likeness (QED) is 0.709.